The third-order valence-electron chi connectivity index (χ3n) is 4.30. The summed E-state index contributed by atoms with van der Waals surface area (Å²) >= 11 is 1.30. The maximum atomic E-state index is 12.2. The first-order valence-electron chi connectivity index (χ1n) is 8.65. The molecule has 1 aliphatic heterocycles. The van der Waals surface area contributed by atoms with Crippen molar-refractivity contribution in [3.8, 4) is 10.6 Å². The van der Waals surface area contributed by atoms with Gasteiger partial charge in [-0.15, -0.1) is 10.2 Å². The number of hydrogen-bond donors (Lipinski definition) is 2. The van der Waals surface area contributed by atoms with Gasteiger partial charge in [0.25, 0.3) is 0 Å². The van der Waals surface area contributed by atoms with Crippen molar-refractivity contribution in [2.24, 2.45) is 0 Å². The van der Waals surface area contributed by atoms with Crippen LogP contribution in [0.3, 0.4) is 0 Å². The fraction of sp³-hybridized carbons (Fsp3) is 0.471. The van der Waals surface area contributed by atoms with Gasteiger partial charge >= 0.3 is 6.03 Å². The van der Waals surface area contributed by atoms with E-state index in [9.17, 15) is 13.2 Å². The van der Waals surface area contributed by atoms with E-state index in [1.54, 1.807) is 0 Å². The summed E-state index contributed by atoms with van der Waals surface area (Å²) in [4.78, 5) is 12.2. The molecule has 8 nitrogen and oxygen atoms in total. The van der Waals surface area contributed by atoms with Crippen LogP contribution in [0.4, 0.5) is 9.93 Å². The van der Waals surface area contributed by atoms with Gasteiger partial charge in [0, 0.05) is 24.7 Å². The second-order valence-corrected chi connectivity index (χ2v) is 9.81. The van der Waals surface area contributed by atoms with E-state index in [2.05, 4.69) is 26.9 Å². The number of anilines is 1. The van der Waals surface area contributed by atoms with Crippen molar-refractivity contribution >= 4 is 32.5 Å². The molecule has 2 heterocycles. The van der Waals surface area contributed by atoms with Crippen LogP contribution in [0, 0.1) is 13.8 Å². The Hall–Kier alpha value is -2.04. The Balaban J connectivity index is 1.61. The summed E-state index contributed by atoms with van der Waals surface area (Å²) in [7, 11) is -3.25. The van der Waals surface area contributed by atoms with Crippen LogP contribution in [0.1, 0.15) is 24.0 Å². The lowest BCUT2D eigenvalue weighted by atomic mass is 10.1. The number of nitrogens with zero attached hydrogens (tertiary/aromatic N) is 3. The molecule has 10 heteroatoms. The lowest BCUT2D eigenvalue weighted by Gasteiger charge is -2.31. The Morgan fingerprint density at radius 3 is 2.59 bits per heavy atom. The second kappa shape index (κ2) is 7.91. The predicted octanol–water partition coefficient (Wildman–Crippen LogP) is 2.37. The van der Waals surface area contributed by atoms with Gasteiger partial charge in [-0.2, -0.15) is 0 Å². The largest absolute Gasteiger partial charge is 0.334 e. The first-order chi connectivity index (χ1) is 12.7. The molecule has 0 aliphatic carbocycles. The fourth-order valence-electron chi connectivity index (χ4n) is 3.17. The summed E-state index contributed by atoms with van der Waals surface area (Å²) in [6.45, 7) is 4.83. The number of rotatable bonds is 4. The van der Waals surface area contributed by atoms with Crippen LogP contribution in [-0.2, 0) is 10.0 Å². The van der Waals surface area contributed by atoms with E-state index in [1.165, 1.54) is 21.9 Å². The highest BCUT2D eigenvalue weighted by Gasteiger charge is 2.27. The van der Waals surface area contributed by atoms with E-state index >= 15 is 0 Å². The van der Waals surface area contributed by atoms with Crippen molar-refractivity contribution in [2.45, 2.75) is 32.7 Å². The molecule has 1 aliphatic rings. The molecular formula is C17H23N5O3S2. The highest BCUT2D eigenvalue weighted by Crippen LogP contribution is 2.27. The maximum absolute atomic E-state index is 12.2. The molecular weight excluding hydrogens is 386 g/mol. The number of amides is 2. The van der Waals surface area contributed by atoms with Crippen molar-refractivity contribution in [2.75, 3.05) is 24.7 Å². The molecule has 2 aromatic rings. The Labute approximate surface area is 163 Å². The number of carbonyl (C=O) groups excluding carboxylic acids is 1. The first kappa shape index (κ1) is 19.7. The third-order valence-corrected chi connectivity index (χ3v) is 6.46. The van der Waals surface area contributed by atoms with Gasteiger partial charge in [-0.25, -0.2) is 17.5 Å². The van der Waals surface area contributed by atoms with Crippen LogP contribution < -0.4 is 10.6 Å². The molecule has 2 amide bonds. The molecule has 0 saturated carbocycles. The summed E-state index contributed by atoms with van der Waals surface area (Å²) in [5, 5.41) is 14.8. The van der Waals surface area contributed by atoms with Crippen molar-refractivity contribution in [1.82, 2.24) is 19.8 Å². The van der Waals surface area contributed by atoms with Gasteiger partial charge in [0.15, 0.2) is 0 Å². The molecule has 0 radical (unpaired) electrons. The van der Waals surface area contributed by atoms with Gasteiger partial charge in [-0.1, -0.05) is 28.5 Å². The number of urea groups is 1. The Bertz CT molecular complexity index is 922. The fourth-order valence-corrected chi connectivity index (χ4v) is 4.81. The number of piperidine rings is 1. The van der Waals surface area contributed by atoms with E-state index in [0.717, 1.165) is 28.1 Å². The average molecular weight is 410 g/mol. The minimum Gasteiger partial charge on any atom is -0.334 e. The van der Waals surface area contributed by atoms with Crippen molar-refractivity contribution in [3.63, 3.8) is 0 Å². The predicted molar refractivity (Wildman–Crippen MR) is 106 cm³/mol. The summed E-state index contributed by atoms with van der Waals surface area (Å²) in [5.41, 5.74) is 3.25. The number of aromatic nitrogens is 2. The maximum Gasteiger partial charge on any atom is 0.321 e. The summed E-state index contributed by atoms with van der Waals surface area (Å²) < 4.78 is 24.7. The van der Waals surface area contributed by atoms with Gasteiger partial charge in [-0.05, 0) is 38.8 Å². The molecule has 1 saturated heterocycles. The number of aryl methyl sites for hydroxylation is 2. The molecule has 1 aromatic carbocycles. The minimum atomic E-state index is -3.25. The van der Waals surface area contributed by atoms with Crippen LogP contribution in [0.2, 0.25) is 0 Å². The second-order valence-electron chi connectivity index (χ2n) is 6.85. The quantitative estimate of drug-likeness (QED) is 0.807. The zero-order valence-corrected chi connectivity index (χ0v) is 17.2. The number of carbonyl (C=O) groups is 1. The summed E-state index contributed by atoms with van der Waals surface area (Å²) in [6.07, 6.45) is 2.64. The average Bonchev–Trinajstić information content (AvgIpc) is 3.01. The van der Waals surface area contributed by atoms with E-state index < -0.39 is 16.1 Å². The molecule has 0 spiro atoms. The monoisotopic (exact) mass is 409 g/mol. The van der Waals surface area contributed by atoms with Gasteiger partial charge in [0.1, 0.15) is 5.01 Å². The standard InChI is InChI=1S/C17H23N5O3S2/c1-11-7-12(2)9-13(8-11)15-20-21-17(26-15)19-16(23)18-14-5-4-6-22(10-14)27(3,24)25/h7-9,14H,4-6,10H2,1-3H3,(H2,18,19,21,23). The lowest BCUT2D eigenvalue weighted by molar-refractivity contribution is 0.236. The highest BCUT2D eigenvalue weighted by atomic mass is 32.2. The Morgan fingerprint density at radius 2 is 1.93 bits per heavy atom. The SMILES string of the molecule is Cc1cc(C)cc(-c2nnc(NC(=O)NC3CCCN(S(C)(=O)=O)C3)s2)c1. The van der Waals surface area contributed by atoms with Crippen molar-refractivity contribution < 1.29 is 13.2 Å². The zero-order valence-electron chi connectivity index (χ0n) is 15.5. The van der Waals surface area contributed by atoms with Crippen LogP contribution in [0.25, 0.3) is 10.6 Å². The molecule has 3 rings (SSSR count). The van der Waals surface area contributed by atoms with Gasteiger partial charge in [0.05, 0.1) is 6.26 Å². The lowest BCUT2D eigenvalue weighted by Crippen LogP contribution is -2.50. The van der Waals surface area contributed by atoms with Gasteiger partial charge in [0.2, 0.25) is 15.2 Å². The number of benzene rings is 1. The molecule has 0 bridgehead atoms. The molecule has 1 aromatic heterocycles. The van der Waals surface area contributed by atoms with Crippen LogP contribution in [-0.4, -0.2) is 54.3 Å². The van der Waals surface area contributed by atoms with E-state index in [1.807, 2.05) is 26.0 Å². The molecule has 2 N–H and O–H groups in total. The van der Waals surface area contributed by atoms with Crippen LogP contribution in [0.5, 0.6) is 0 Å². The first-order valence-corrected chi connectivity index (χ1v) is 11.3. The van der Waals surface area contributed by atoms with E-state index in [-0.39, 0.29) is 12.6 Å². The van der Waals surface area contributed by atoms with Crippen molar-refractivity contribution in [3.05, 3.63) is 29.3 Å². The Kier molecular flexibility index (Phi) is 5.78. The summed E-state index contributed by atoms with van der Waals surface area (Å²) in [6, 6.07) is 5.51. The summed E-state index contributed by atoms with van der Waals surface area (Å²) in [5.74, 6) is 0. The normalized spacial score (nSPS) is 18.3. The number of sulfonamides is 1. The van der Waals surface area contributed by atoms with Crippen LogP contribution in [0.15, 0.2) is 18.2 Å². The number of nitrogens with one attached hydrogen (secondary N) is 2. The molecule has 1 atom stereocenters. The zero-order chi connectivity index (χ0) is 19.6. The van der Waals surface area contributed by atoms with Gasteiger partial charge in [-0.3, -0.25) is 5.32 Å². The van der Waals surface area contributed by atoms with E-state index in [4.69, 9.17) is 0 Å². The Morgan fingerprint density at radius 1 is 1.22 bits per heavy atom. The van der Waals surface area contributed by atoms with E-state index in [0.29, 0.717) is 18.1 Å². The molecule has 1 unspecified atom stereocenters. The topological polar surface area (TPSA) is 104 Å². The third kappa shape index (κ3) is 5.24. The van der Waals surface area contributed by atoms with Gasteiger partial charge < -0.3 is 5.32 Å². The van der Waals surface area contributed by atoms with Crippen molar-refractivity contribution in [1.29, 1.82) is 0 Å². The smallest absolute Gasteiger partial charge is 0.321 e. The number of hydrogen-bond acceptors (Lipinski definition) is 6. The van der Waals surface area contributed by atoms with Crippen LogP contribution >= 0.6 is 11.3 Å². The molecule has 1 fully saturated rings. The highest BCUT2D eigenvalue weighted by molar-refractivity contribution is 7.88. The molecule has 146 valence electrons. The molecule has 27 heavy (non-hydrogen) atoms. The minimum absolute atomic E-state index is 0.222.